The van der Waals surface area contributed by atoms with Gasteiger partial charge < -0.3 is 5.32 Å². The SMILES string of the molecule is CC1CCC(C(=O)NC(=NCC2CCC(F)CC2Cl)NC2CC(C(F)(F)F)NN2)CC1F. The number of guanidine groups is 1. The Balaban J connectivity index is 1.64. The van der Waals surface area contributed by atoms with Crippen LogP contribution in [0.15, 0.2) is 4.99 Å². The Kier molecular flexibility index (Phi) is 8.59. The molecule has 184 valence electrons. The molecule has 0 aromatic carbocycles. The lowest BCUT2D eigenvalue weighted by Gasteiger charge is -2.30. The summed E-state index contributed by atoms with van der Waals surface area (Å²) >= 11 is 6.25. The van der Waals surface area contributed by atoms with Gasteiger partial charge in [0.1, 0.15) is 18.4 Å². The van der Waals surface area contributed by atoms with E-state index >= 15 is 0 Å². The van der Waals surface area contributed by atoms with Crippen molar-refractivity contribution in [3.05, 3.63) is 0 Å². The maximum Gasteiger partial charge on any atom is 0.405 e. The van der Waals surface area contributed by atoms with E-state index in [1.54, 1.807) is 6.92 Å². The Morgan fingerprint density at radius 3 is 2.47 bits per heavy atom. The van der Waals surface area contributed by atoms with E-state index in [9.17, 15) is 26.7 Å². The number of halogens is 6. The number of carbonyl (C=O) groups excluding carboxylic acids is 1. The number of nitrogens with one attached hydrogen (secondary N) is 4. The highest BCUT2D eigenvalue weighted by molar-refractivity contribution is 6.20. The third kappa shape index (κ3) is 6.90. The third-order valence-corrected chi connectivity index (χ3v) is 7.18. The molecule has 1 aliphatic heterocycles. The summed E-state index contributed by atoms with van der Waals surface area (Å²) in [4.78, 5) is 17.1. The minimum Gasteiger partial charge on any atom is -0.339 e. The van der Waals surface area contributed by atoms with Gasteiger partial charge in [-0.1, -0.05) is 6.92 Å². The standard InChI is InChI=1S/C20H31ClF5N5O/c1-10-2-3-11(6-15(10)23)18(32)29-19(27-9-12-4-5-13(22)7-14(12)21)28-17-8-16(30-31-17)20(24,25)26/h10-17,30-31H,2-9H2,1H3,(H2,27,28,29,32). The fourth-order valence-electron chi connectivity index (χ4n) is 4.42. The van der Waals surface area contributed by atoms with Gasteiger partial charge in [0.05, 0.1) is 6.17 Å². The van der Waals surface area contributed by atoms with Crippen molar-refractivity contribution >= 4 is 23.5 Å². The lowest BCUT2D eigenvalue weighted by atomic mass is 9.81. The minimum absolute atomic E-state index is 0.0115. The quantitative estimate of drug-likeness (QED) is 0.212. The first-order valence-corrected chi connectivity index (χ1v) is 11.6. The molecule has 12 heteroatoms. The second kappa shape index (κ2) is 10.8. The topological polar surface area (TPSA) is 77.5 Å². The fraction of sp³-hybridized carbons (Fsp3) is 0.900. The van der Waals surface area contributed by atoms with Gasteiger partial charge >= 0.3 is 6.18 Å². The van der Waals surface area contributed by atoms with Crippen LogP contribution >= 0.6 is 11.6 Å². The number of carbonyl (C=O) groups is 1. The van der Waals surface area contributed by atoms with Crippen LogP contribution in [-0.4, -0.2) is 54.5 Å². The van der Waals surface area contributed by atoms with Crippen molar-refractivity contribution in [2.75, 3.05) is 6.54 Å². The molecule has 3 rings (SSSR count). The van der Waals surface area contributed by atoms with E-state index in [4.69, 9.17) is 11.6 Å². The largest absolute Gasteiger partial charge is 0.405 e. The van der Waals surface area contributed by atoms with Crippen molar-refractivity contribution in [3.63, 3.8) is 0 Å². The third-order valence-electron chi connectivity index (χ3n) is 6.65. The highest BCUT2D eigenvalue weighted by atomic mass is 35.5. The normalized spacial score (nSPS) is 39.0. The van der Waals surface area contributed by atoms with Crippen molar-refractivity contribution in [2.24, 2.45) is 22.7 Å². The van der Waals surface area contributed by atoms with Gasteiger partial charge in [0.25, 0.3) is 0 Å². The molecular weight excluding hydrogens is 457 g/mol. The van der Waals surface area contributed by atoms with Gasteiger partial charge in [-0.15, -0.1) is 11.6 Å². The molecule has 0 bridgehead atoms. The summed E-state index contributed by atoms with van der Waals surface area (Å²) in [5.41, 5.74) is 4.69. The van der Waals surface area contributed by atoms with Gasteiger partial charge in [0.15, 0.2) is 5.96 Å². The molecule has 8 atom stereocenters. The van der Waals surface area contributed by atoms with E-state index < -0.39 is 47.9 Å². The molecule has 0 aromatic heterocycles. The number of hydrogen-bond donors (Lipinski definition) is 4. The minimum atomic E-state index is -4.42. The highest BCUT2D eigenvalue weighted by Gasteiger charge is 2.44. The second-order valence-electron chi connectivity index (χ2n) is 9.18. The summed E-state index contributed by atoms with van der Waals surface area (Å²) in [6, 6.07) is -1.74. The molecule has 2 saturated carbocycles. The van der Waals surface area contributed by atoms with E-state index in [-0.39, 0.29) is 43.6 Å². The summed E-state index contributed by atoms with van der Waals surface area (Å²) in [6.45, 7) is 2.00. The molecule has 1 saturated heterocycles. The van der Waals surface area contributed by atoms with Gasteiger partial charge in [0.2, 0.25) is 5.91 Å². The summed E-state index contributed by atoms with van der Waals surface area (Å²) in [6.07, 6.45) is -5.24. The summed E-state index contributed by atoms with van der Waals surface area (Å²) in [5, 5.41) is 5.03. The number of hydrogen-bond acceptors (Lipinski definition) is 4. The van der Waals surface area contributed by atoms with E-state index in [1.807, 2.05) is 0 Å². The van der Waals surface area contributed by atoms with Crippen molar-refractivity contribution in [1.29, 1.82) is 0 Å². The van der Waals surface area contributed by atoms with Crippen LogP contribution in [0.5, 0.6) is 0 Å². The molecular formula is C20H31ClF5N5O. The molecule has 3 fully saturated rings. The van der Waals surface area contributed by atoms with Gasteiger partial charge in [-0.3, -0.25) is 15.1 Å². The van der Waals surface area contributed by atoms with Crippen LogP contribution in [0.3, 0.4) is 0 Å². The lowest BCUT2D eigenvalue weighted by molar-refractivity contribution is -0.153. The van der Waals surface area contributed by atoms with E-state index in [2.05, 4.69) is 26.5 Å². The van der Waals surface area contributed by atoms with Crippen LogP contribution in [-0.2, 0) is 4.79 Å². The van der Waals surface area contributed by atoms with Crippen LogP contribution in [0.4, 0.5) is 22.0 Å². The molecule has 6 nitrogen and oxygen atoms in total. The summed E-state index contributed by atoms with van der Waals surface area (Å²) in [7, 11) is 0. The molecule has 0 spiro atoms. The lowest BCUT2D eigenvalue weighted by Crippen LogP contribution is -2.52. The highest BCUT2D eigenvalue weighted by Crippen LogP contribution is 2.32. The molecule has 4 N–H and O–H groups in total. The van der Waals surface area contributed by atoms with Crippen molar-refractivity contribution < 1.29 is 26.7 Å². The van der Waals surface area contributed by atoms with Crippen molar-refractivity contribution in [1.82, 2.24) is 21.5 Å². The molecule has 1 heterocycles. The zero-order chi connectivity index (χ0) is 23.5. The van der Waals surface area contributed by atoms with Gasteiger partial charge in [-0.25, -0.2) is 19.6 Å². The number of hydrazine groups is 1. The monoisotopic (exact) mass is 487 g/mol. The van der Waals surface area contributed by atoms with Crippen LogP contribution in [0, 0.1) is 17.8 Å². The smallest absolute Gasteiger partial charge is 0.339 e. The summed E-state index contributed by atoms with van der Waals surface area (Å²) < 4.78 is 66.4. The van der Waals surface area contributed by atoms with Crippen LogP contribution < -0.4 is 21.5 Å². The van der Waals surface area contributed by atoms with E-state index in [0.29, 0.717) is 25.7 Å². The average molecular weight is 488 g/mol. The van der Waals surface area contributed by atoms with Crippen molar-refractivity contribution in [3.8, 4) is 0 Å². The fourth-order valence-corrected chi connectivity index (χ4v) is 4.82. The Morgan fingerprint density at radius 2 is 1.84 bits per heavy atom. The molecule has 32 heavy (non-hydrogen) atoms. The predicted molar refractivity (Wildman–Crippen MR) is 111 cm³/mol. The number of aliphatic imine (C=N–C) groups is 1. The van der Waals surface area contributed by atoms with Crippen LogP contribution in [0.25, 0.3) is 0 Å². The Bertz CT molecular complexity index is 681. The predicted octanol–water partition coefficient (Wildman–Crippen LogP) is 3.32. The molecule has 0 radical (unpaired) electrons. The number of rotatable bonds is 4. The molecule has 1 amide bonds. The Morgan fingerprint density at radius 1 is 1.09 bits per heavy atom. The maximum absolute atomic E-state index is 14.1. The van der Waals surface area contributed by atoms with Crippen molar-refractivity contribution in [2.45, 2.75) is 88.0 Å². The number of amides is 1. The first kappa shape index (κ1) is 25.4. The van der Waals surface area contributed by atoms with Gasteiger partial charge in [0, 0.05) is 24.3 Å². The molecule has 2 aliphatic carbocycles. The van der Waals surface area contributed by atoms with Crippen LogP contribution in [0.1, 0.15) is 51.9 Å². The second-order valence-corrected chi connectivity index (χ2v) is 9.74. The summed E-state index contributed by atoms with van der Waals surface area (Å²) in [5.74, 6) is -1.16. The molecule has 3 aliphatic rings. The van der Waals surface area contributed by atoms with E-state index in [1.165, 1.54) is 0 Å². The average Bonchev–Trinajstić information content (AvgIpc) is 3.18. The molecule has 0 aromatic rings. The first-order chi connectivity index (χ1) is 15.0. The molecule has 8 unspecified atom stereocenters. The Hall–Kier alpha value is -1.20. The number of nitrogens with zero attached hydrogens (tertiary/aromatic N) is 1. The zero-order valence-electron chi connectivity index (χ0n) is 17.9. The number of alkyl halides is 6. The maximum atomic E-state index is 14.1. The van der Waals surface area contributed by atoms with E-state index in [0.717, 1.165) is 0 Å². The van der Waals surface area contributed by atoms with Crippen LogP contribution in [0.2, 0.25) is 0 Å². The first-order valence-electron chi connectivity index (χ1n) is 11.1. The Labute approximate surface area is 189 Å². The van der Waals surface area contributed by atoms with Gasteiger partial charge in [-0.05, 0) is 50.4 Å². The van der Waals surface area contributed by atoms with Gasteiger partial charge in [-0.2, -0.15) is 13.2 Å². The zero-order valence-corrected chi connectivity index (χ0v) is 18.7.